The molecule has 3 rings (SSSR count). The Hall–Kier alpha value is -2.77. The van der Waals surface area contributed by atoms with Crippen molar-refractivity contribution in [2.75, 3.05) is 13.1 Å². The van der Waals surface area contributed by atoms with Gasteiger partial charge in [0.1, 0.15) is 5.69 Å². The van der Waals surface area contributed by atoms with Gasteiger partial charge in [-0.2, -0.15) is 4.98 Å². The molecule has 2 aromatic rings. The topological polar surface area (TPSA) is 109 Å². The van der Waals surface area contributed by atoms with Crippen molar-refractivity contribution < 1.29 is 19.2 Å². The summed E-state index contributed by atoms with van der Waals surface area (Å²) in [4.78, 5) is 34.2. The van der Waals surface area contributed by atoms with Crippen LogP contribution in [-0.4, -0.2) is 50.1 Å². The summed E-state index contributed by atoms with van der Waals surface area (Å²) in [6.45, 7) is 4.49. The molecule has 26 heavy (non-hydrogen) atoms. The van der Waals surface area contributed by atoms with Crippen LogP contribution in [0.3, 0.4) is 0 Å². The van der Waals surface area contributed by atoms with Gasteiger partial charge in [0, 0.05) is 32.1 Å². The zero-order chi connectivity index (χ0) is 18.7. The zero-order valence-corrected chi connectivity index (χ0v) is 14.9. The minimum atomic E-state index is -0.855. The third-order valence-corrected chi connectivity index (χ3v) is 5.10. The number of hydrogen-bond donors (Lipinski definition) is 1. The number of hydrogen-bond acceptors (Lipinski definition) is 6. The first-order chi connectivity index (χ1) is 12.4. The van der Waals surface area contributed by atoms with E-state index in [0.717, 1.165) is 0 Å². The van der Waals surface area contributed by atoms with E-state index in [4.69, 9.17) is 4.52 Å². The predicted octanol–water partition coefficient (Wildman–Crippen LogP) is 2.02. The fourth-order valence-electron chi connectivity index (χ4n) is 3.27. The molecule has 8 nitrogen and oxygen atoms in total. The second-order valence-electron chi connectivity index (χ2n) is 6.91. The molecule has 8 heteroatoms. The lowest BCUT2D eigenvalue weighted by Gasteiger charge is -2.28. The molecule has 2 aromatic heterocycles. The van der Waals surface area contributed by atoms with E-state index in [1.807, 2.05) is 19.9 Å². The fourth-order valence-corrected chi connectivity index (χ4v) is 3.27. The molecule has 0 aliphatic carbocycles. The monoisotopic (exact) mass is 358 g/mol. The highest BCUT2D eigenvalue weighted by Gasteiger charge is 2.48. The molecule has 3 heterocycles. The normalized spacial score (nSPS) is 19.9. The van der Waals surface area contributed by atoms with Crippen LogP contribution in [0.15, 0.2) is 28.9 Å². The number of carboxylic acid groups (broad SMARTS) is 1. The summed E-state index contributed by atoms with van der Waals surface area (Å²) < 4.78 is 5.18. The maximum atomic E-state index is 12.5. The lowest BCUT2D eigenvalue weighted by molar-refractivity contribution is -0.151. The summed E-state index contributed by atoms with van der Waals surface area (Å²) in [7, 11) is 0. The van der Waals surface area contributed by atoms with Gasteiger partial charge in [-0.3, -0.25) is 14.6 Å². The van der Waals surface area contributed by atoms with Crippen molar-refractivity contribution in [3.05, 3.63) is 30.3 Å². The first kappa shape index (κ1) is 18.0. The Balaban J connectivity index is 1.58. The van der Waals surface area contributed by atoms with Crippen LogP contribution in [0.2, 0.25) is 0 Å². The molecule has 1 N–H and O–H groups in total. The van der Waals surface area contributed by atoms with E-state index >= 15 is 0 Å². The highest BCUT2D eigenvalue weighted by molar-refractivity contribution is 5.81. The second-order valence-corrected chi connectivity index (χ2v) is 6.91. The number of carbonyl (C=O) groups is 2. The predicted molar refractivity (Wildman–Crippen MR) is 92.0 cm³/mol. The Morgan fingerprint density at radius 1 is 1.38 bits per heavy atom. The van der Waals surface area contributed by atoms with Crippen LogP contribution in [0.25, 0.3) is 11.5 Å². The number of aromatic nitrogens is 3. The van der Waals surface area contributed by atoms with Gasteiger partial charge in [-0.1, -0.05) is 25.1 Å². The smallest absolute Gasteiger partial charge is 0.311 e. The van der Waals surface area contributed by atoms with Crippen LogP contribution >= 0.6 is 0 Å². The molecular weight excluding hydrogens is 336 g/mol. The molecule has 1 saturated heterocycles. The number of carbonyl (C=O) groups excluding carboxylic acids is 1. The molecule has 138 valence electrons. The van der Waals surface area contributed by atoms with Crippen LogP contribution in [0.5, 0.6) is 0 Å². The molecule has 0 bridgehead atoms. The minimum Gasteiger partial charge on any atom is -0.481 e. The minimum absolute atomic E-state index is 0.0327. The van der Waals surface area contributed by atoms with Crippen molar-refractivity contribution >= 4 is 11.9 Å². The molecule has 0 saturated carbocycles. The lowest BCUT2D eigenvalue weighted by atomic mass is 9.76. The van der Waals surface area contributed by atoms with Gasteiger partial charge in [-0.25, -0.2) is 0 Å². The standard InChI is InChI=1S/C18H22N4O4/c1-12(2)18(17(24)25)8-10-22(11-18)15(23)7-6-14-20-16(21-26-14)13-5-3-4-9-19-13/h3-5,9,12H,6-8,10-11H2,1-2H3,(H,24,25). The first-order valence-corrected chi connectivity index (χ1v) is 8.67. The largest absolute Gasteiger partial charge is 0.481 e. The first-order valence-electron chi connectivity index (χ1n) is 8.67. The summed E-state index contributed by atoms with van der Waals surface area (Å²) in [6.07, 6.45) is 2.65. The van der Waals surface area contributed by atoms with Gasteiger partial charge in [0.15, 0.2) is 0 Å². The van der Waals surface area contributed by atoms with Gasteiger partial charge >= 0.3 is 5.97 Å². The number of nitrogens with zero attached hydrogens (tertiary/aromatic N) is 4. The summed E-state index contributed by atoms with van der Waals surface area (Å²) in [5.41, 5.74) is -0.247. The number of carboxylic acids is 1. The highest BCUT2D eigenvalue weighted by Crippen LogP contribution is 2.38. The van der Waals surface area contributed by atoms with E-state index < -0.39 is 11.4 Å². The number of pyridine rings is 1. The van der Waals surface area contributed by atoms with Crippen LogP contribution in [0.4, 0.5) is 0 Å². The number of amides is 1. The molecule has 1 aliphatic rings. The summed E-state index contributed by atoms with van der Waals surface area (Å²) in [5.74, 6) is -0.203. The summed E-state index contributed by atoms with van der Waals surface area (Å²) in [6, 6.07) is 5.41. The fraction of sp³-hybridized carbons (Fsp3) is 0.500. The Morgan fingerprint density at radius 3 is 2.81 bits per heavy atom. The zero-order valence-electron chi connectivity index (χ0n) is 14.9. The average Bonchev–Trinajstić information content (AvgIpc) is 3.28. The maximum Gasteiger partial charge on any atom is 0.311 e. The quantitative estimate of drug-likeness (QED) is 0.841. The molecule has 1 unspecified atom stereocenters. The average molecular weight is 358 g/mol. The molecule has 0 spiro atoms. The third kappa shape index (κ3) is 3.44. The van der Waals surface area contributed by atoms with Crippen molar-refractivity contribution in [2.45, 2.75) is 33.1 Å². The number of rotatable bonds is 6. The second kappa shape index (κ2) is 7.23. The van der Waals surface area contributed by atoms with Gasteiger partial charge in [0.25, 0.3) is 0 Å². The Kier molecular flexibility index (Phi) is 5.01. The van der Waals surface area contributed by atoms with E-state index in [1.54, 1.807) is 23.2 Å². The van der Waals surface area contributed by atoms with Crippen molar-refractivity contribution in [1.29, 1.82) is 0 Å². The number of aliphatic carboxylic acids is 1. The van der Waals surface area contributed by atoms with Crippen LogP contribution in [0.1, 0.15) is 32.6 Å². The highest BCUT2D eigenvalue weighted by atomic mass is 16.5. The van der Waals surface area contributed by atoms with Gasteiger partial charge in [-0.05, 0) is 24.5 Å². The lowest BCUT2D eigenvalue weighted by Crippen LogP contribution is -2.40. The number of likely N-dealkylation sites (tertiary alicyclic amines) is 1. The molecule has 0 aromatic carbocycles. The van der Waals surface area contributed by atoms with E-state index in [-0.39, 0.29) is 24.8 Å². The van der Waals surface area contributed by atoms with Gasteiger partial charge in [-0.15, -0.1) is 0 Å². The van der Waals surface area contributed by atoms with Crippen molar-refractivity contribution in [1.82, 2.24) is 20.0 Å². The maximum absolute atomic E-state index is 12.5. The molecule has 1 atom stereocenters. The van der Waals surface area contributed by atoms with Crippen LogP contribution in [-0.2, 0) is 16.0 Å². The van der Waals surface area contributed by atoms with Crippen molar-refractivity contribution in [3.8, 4) is 11.5 Å². The van der Waals surface area contributed by atoms with Crippen molar-refractivity contribution in [2.24, 2.45) is 11.3 Å². The Morgan fingerprint density at radius 2 is 2.19 bits per heavy atom. The van der Waals surface area contributed by atoms with Crippen LogP contribution < -0.4 is 0 Å². The van der Waals surface area contributed by atoms with E-state index in [9.17, 15) is 14.7 Å². The Labute approximate surface area is 151 Å². The van der Waals surface area contributed by atoms with Gasteiger partial charge in [0.05, 0.1) is 5.41 Å². The Bertz CT molecular complexity index is 789. The molecule has 1 fully saturated rings. The SMILES string of the molecule is CC(C)C1(C(=O)O)CCN(C(=O)CCc2nc(-c3ccccn3)no2)C1. The molecule has 1 aliphatic heterocycles. The van der Waals surface area contributed by atoms with Gasteiger partial charge in [0.2, 0.25) is 17.6 Å². The van der Waals surface area contributed by atoms with Gasteiger partial charge < -0.3 is 14.5 Å². The summed E-state index contributed by atoms with van der Waals surface area (Å²) in [5, 5.41) is 13.5. The molecule has 0 radical (unpaired) electrons. The third-order valence-electron chi connectivity index (χ3n) is 5.10. The summed E-state index contributed by atoms with van der Waals surface area (Å²) >= 11 is 0. The number of aryl methyl sites for hydroxylation is 1. The molecule has 1 amide bonds. The molecular formula is C18H22N4O4. The van der Waals surface area contributed by atoms with E-state index in [1.165, 1.54) is 0 Å². The van der Waals surface area contributed by atoms with Crippen molar-refractivity contribution in [3.63, 3.8) is 0 Å². The van der Waals surface area contributed by atoms with E-state index in [2.05, 4.69) is 15.1 Å². The van der Waals surface area contributed by atoms with Crippen LogP contribution in [0, 0.1) is 11.3 Å². The van der Waals surface area contributed by atoms with E-state index in [0.29, 0.717) is 36.8 Å².